The molecule has 6 heteroatoms. The highest BCUT2D eigenvalue weighted by Gasteiger charge is 2.32. The van der Waals surface area contributed by atoms with Gasteiger partial charge in [0.05, 0.1) is 0 Å². The van der Waals surface area contributed by atoms with Gasteiger partial charge in [-0.15, -0.1) is 12.4 Å². The van der Waals surface area contributed by atoms with E-state index >= 15 is 0 Å². The fourth-order valence-electron chi connectivity index (χ4n) is 2.60. The molecule has 98 valence electrons. The molecule has 0 aromatic heterocycles. The monoisotopic (exact) mass is 261 g/mol. The van der Waals surface area contributed by atoms with E-state index < -0.39 is 0 Å². The van der Waals surface area contributed by atoms with Crippen molar-refractivity contribution in [3.8, 4) is 0 Å². The van der Waals surface area contributed by atoms with Crippen LogP contribution in [-0.2, 0) is 9.59 Å². The van der Waals surface area contributed by atoms with Gasteiger partial charge < -0.3 is 16.4 Å². The van der Waals surface area contributed by atoms with Crippen LogP contribution in [0.4, 0.5) is 0 Å². The van der Waals surface area contributed by atoms with Crippen LogP contribution in [0.15, 0.2) is 0 Å². The van der Waals surface area contributed by atoms with Crippen LogP contribution in [0.5, 0.6) is 0 Å². The summed E-state index contributed by atoms with van der Waals surface area (Å²) in [4.78, 5) is 22.8. The highest BCUT2D eigenvalue weighted by atomic mass is 35.5. The molecule has 1 aliphatic heterocycles. The van der Waals surface area contributed by atoms with Gasteiger partial charge in [0.15, 0.2) is 0 Å². The summed E-state index contributed by atoms with van der Waals surface area (Å²) in [5.74, 6) is 0.333. The molecule has 0 bridgehead atoms. The van der Waals surface area contributed by atoms with Crippen molar-refractivity contribution in [3.63, 3.8) is 0 Å². The smallest absolute Gasteiger partial charge is 0.242 e. The van der Waals surface area contributed by atoms with E-state index in [2.05, 4.69) is 10.6 Å². The van der Waals surface area contributed by atoms with Crippen LogP contribution in [0.25, 0.3) is 0 Å². The lowest BCUT2D eigenvalue weighted by molar-refractivity contribution is -0.126. The Morgan fingerprint density at radius 2 is 2.18 bits per heavy atom. The van der Waals surface area contributed by atoms with E-state index in [0.717, 1.165) is 19.3 Å². The zero-order chi connectivity index (χ0) is 11.5. The molecule has 4 N–H and O–H groups in total. The number of hydrogen-bond acceptors (Lipinski definition) is 3. The van der Waals surface area contributed by atoms with Gasteiger partial charge in [-0.3, -0.25) is 9.59 Å². The molecule has 2 amide bonds. The van der Waals surface area contributed by atoms with E-state index in [9.17, 15) is 9.59 Å². The van der Waals surface area contributed by atoms with Gasteiger partial charge in [0.1, 0.15) is 6.04 Å². The van der Waals surface area contributed by atoms with Crippen LogP contribution in [0.3, 0.4) is 0 Å². The molecule has 3 unspecified atom stereocenters. The molecule has 0 spiro atoms. The predicted molar refractivity (Wildman–Crippen MR) is 66.7 cm³/mol. The predicted octanol–water partition coefficient (Wildman–Crippen LogP) is -0.0696. The summed E-state index contributed by atoms with van der Waals surface area (Å²) >= 11 is 0. The Morgan fingerprint density at radius 1 is 1.41 bits per heavy atom. The van der Waals surface area contributed by atoms with Crippen molar-refractivity contribution < 1.29 is 9.59 Å². The minimum atomic E-state index is -0.327. The zero-order valence-electron chi connectivity index (χ0n) is 9.78. The molecule has 5 nitrogen and oxygen atoms in total. The fourth-order valence-corrected chi connectivity index (χ4v) is 2.60. The third-order valence-corrected chi connectivity index (χ3v) is 3.60. The van der Waals surface area contributed by atoms with Gasteiger partial charge in [-0.2, -0.15) is 0 Å². The number of carbonyl (C=O) groups excluding carboxylic acids is 2. The highest BCUT2D eigenvalue weighted by molar-refractivity contribution is 5.90. The molecule has 0 aromatic rings. The first kappa shape index (κ1) is 14.3. The Kier molecular flexibility index (Phi) is 5.21. The summed E-state index contributed by atoms with van der Waals surface area (Å²) in [7, 11) is 0. The van der Waals surface area contributed by atoms with Crippen molar-refractivity contribution in [2.75, 3.05) is 6.54 Å². The van der Waals surface area contributed by atoms with Crippen molar-refractivity contribution in [3.05, 3.63) is 0 Å². The van der Waals surface area contributed by atoms with E-state index in [0.29, 0.717) is 25.3 Å². The molecule has 1 aliphatic carbocycles. The summed E-state index contributed by atoms with van der Waals surface area (Å²) < 4.78 is 0. The number of nitrogens with two attached hydrogens (primary N) is 1. The third kappa shape index (κ3) is 3.33. The van der Waals surface area contributed by atoms with E-state index in [-0.39, 0.29) is 36.3 Å². The van der Waals surface area contributed by atoms with E-state index in [1.807, 2.05) is 0 Å². The van der Waals surface area contributed by atoms with Gasteiger partial charge in [-0.1, -0.05) is 6.42 Å². The second kappa shape index (κ2) is 6.21. The average Bonchev–Trinajstić information content (AvgIpc) is 2.86. The molecule has 2 aliphatic rings. The number of rotatable bonds is 3. The molecule has 0 aromatic carbocycles. The molecule has 2 fully saturated rings. The largest absolute Gasteiger partial charge is 0.351 e. The van der Waals surface area contributed by atoms with Crippen LogP contribution in [0, 0.1) is 5.92 Å². The summed E-state index contributed by atoms with van der Waals surface area (Å²) in [6, 6.07) is -0.124. The van der Waals surface area contributed by atoms with E-state index in [1.165, 1.54) is 0 Å². The van der Waals surface area contributed by atoms with Crippen LogP contribution in [0.1, 0.15) is 32.1 Å². The van der Waals surface area contributed by atoms with Crippen molar-refractivity contribution in [2.24, 2.45) is 11.7 Å². The van der Waals surface area contributed by atoms with Crippen molar-refractivity contribution in [1.29, 1.82) is 0 Å². The number of hydrogen-bond donors (Lipinski definition) is 3. The SMILES string of the molecule is Cl.NCC1CCCC1NC(=O)C1CCC(=O)N1. The molecule has 0 radical (unpaired) electrons. The summed E-state index contributed by atoms with van der Waals surface area (Å²) in [5.41, 5.74) is 5.65. The average molecular weight is 262 g/mol. The Balaban J connectivity index is 0.00000144. The molecule has 1 heterocycles. The summed E-state index contributed by atoms with van der Waals surface area (Å²) in [5, 5.41) is 5.69. The van der Waals surface area contributed by atoms with Gasteiger partial charge in [-0.25, -0.2) is 0 Å². The Labute approximate surface area is 107 Å². The van der Waals surface area contributed by atoms with Gasteiger partial charge in [0, 0.05) is 12.5 Å². The maximum atomic E-state index is 11.8. The minimum absolute atomic E-state index is 0. The summed E-state index contributed by atoms with van der Waals surface area (Å²) in [6.45, 7) is 0.627. The molecular weight excluding hydrogens is 242 g/mol. The standard InChI is InChI=1S/C11H19N3O2.ClH/c12-6-7-2-1-3-8(7)14-11(16)9-4-5-10(15)13-9;/h7-9H,1-6,12H2,(H,13,15)(H,14,16);1H. The first-order valence-electron chi connectivity index (χ1n) is 6.00. The van der Waals surface area contributed by atoms with Gasteiger partial charge in [0.25, 0.3) is 0 Å². The Morgan fingerprint density at radius 3 is 2.76 bits per heavy atom. The van der Waals surface area contributed by atoms with Gasteiger partial charge >= 0.3 is 0 Å². The van der Waals surface area contributed by atoms with Gasteiger partial charge in [0.2, 0.25) is 11.8 Å². The number of carbonyl (C=O) groups is 2. The summed E-state index contributed by atoms with van der Waals surface area (Å²) in [6.07, 6.45) is 4.31. The third-order valence-electron chi connectivity index (χ3n) is 3.60. The van der Waals surface area contributed by atoms with Crippen molar-refractivity contribution in [2.45, 2.75) is 44.2 Å². The number of halogens is 1. The van der Waals surface area contributed by atoms with E-state index in [4.69, 9.17) is 5.73 Å². The molecule has 1 saturated heterocycles. The van der Waals surface area contributed by atoms with Crippen LogP contribution < -0.4 is 16.4 Å². The number of amides is 2. The number of nitrogens with one attached hydrogen (secondary N) is 2. The minimum Gasteiger partial charge on any atom is -0.351 e. The van der Waals surface area contributed by atoms with Crippen molar-refractivity contribution >= 4 is 24.2 Å². The fraction of sp³-hybridized carbons (Fsp3) is 0.818. The first-order chi connectivity index (χ1) is 7.70. The van der Waals surface area contributed by atoms with Crippen LogP contribution in [-0.4, -0.2) is 30.4 Å². The zero-order valence-corrected chi connectivity index (χ0v) is 10.6. The highest BCUT2D eigenvalue weighted by Crippen LogP contribution is 2.24. The lowest BCUT2D eigenvalue weighted by Gasteiger charge is -2.21. The maximum absolute atomic E-state index is 11.8. The normalized spacial score (nSPS) is 31.8. The van der Waals surface area contributed by atoms with Crippen LogP contribution in [0.2, 0.25) is 0 Å². The van der Waals surface area contributed by atoms with E-state index in [1.54, 1.807) is 0 Å². The second-order valence-electron chi connectivity index (χ2n) is 4.70. The Hall–Kier alpha value is -0.810. The lowest BCUT2D eigenvalue weighted by atomic mass is 10.0. The molecule has 17 heavy (non-hydrogen) atoms. The maximum Gasteiger partial charge on any atom is 0.242 e. The van der Waals surface area contributed by atoms with Crippen LogP contribution >= 0.6 is 12.4 Å². The lowest BCUT2D eigenvalue weighted by Crippen LogP contribution is -2.48. The topological polar surface area (TPSA) is 84.2 Å². The molecule has 1 saturated carbocycles. The van der Waals surface area contributed by atoms with Gasteiger partial charge in [-0.05, 0) is 31.7 Å². The first-order valence-corrected chi connectivity index (χ1v) is 6.00. The molecule has 3 atom stereocenters. The quantitative estimate of drug-likeness (QED) is 0.665. The molecule has 2 rings (SSSR count). The Bertz CT molecular complexity index is 298. The second-order valence-corrected chi connectivity index (χ2v) is 4.70. The molecular formula is C11H20ClN3O2. The van der Waals surface area contributed by atoms with Crippen molar-refractivity contribution in [1.82, 2.24) is 10.6 Å².